The van der Waals surface area contributed by atoms with Crippen molar-refractivity contribution in [1.82, 2.24) is 10.2 Å². The van der Waals surface area contributed by atoms with Crippen LogP contribution in [-0.2, 0) is 17.4 Å². The molecule has 0 aliphatic carbocycles. The highest BCUT2D eigenvalue weighted by Crippen LogP contribution is 2.46. The van der Waals surface area contributed by atoms with E-state index in [0.717, 1.165) is 31.2 Å². The molecule has 1 heterocycles. The zero-order valence-corrected chi connectivity index (χ0v) is 21.2. The van der Waals surface area contributed by atoms with Gasteiger partial charge in [0, 0.05) is 23.4 Å². The average Bonchev–Trinajstić information content (AvgIpc) is 3.14. The summed E-state index contributed by atoms with van der Waals surface area (Å²) in [6, 6.07) is 14.4. The number of amides is 2. The second-order valence-electron chi connectivity index (χ2n) is 9.27. The lowest BCUT2D eigenvalue weighted by molar-refractivity contribution is -0.189. The highest BCUT2D eigenvalue weighted by Gasteiger charge is 2.70. The fourth-order valence-corrected chi connectivity index (χ4v) is 4.63. The fourth-order valence-electron chi connectivity index (χ4n) is 4.63. The number of benzene rings is 3. The molecule has 1 atom stereocenters. The summed E-state index contributed by atoms with van der Waals surface area (Å²) in [5.74, 6) is -5.11. The van der Waals surface area contributed by atoms with Gasteiger partial charge in [0.1, 0.15) is 5.82 Å². The van der Waals surface area contributed by atoms with Crippen molar-refractivity contribution in [2.24, 2.45) is 0 Å². The highest BCUT2D eigenvalue weighted by atomic mass is 19.4. The van der Waals surface area contributed by atoms with Crippen LogP contribution in [0, 0.1) is 5.82 Å². The van der Waals surface area contributed by atoms with Crippen LogP contribution < -0.4 is 5.32 Å². The fraction of sp³-hybridized carbons (Fsp3) is 0.207. The zero-order valence-electron chi connectivity index (χ0n) is 21.2. The van der Waals surface area contributed by atoms with Gasteiger partial charge in [-0.3, -0.25) is 14.4 Å². The highest BCUT2D eigenvalue weighted by molar-refractivity contribution is 6.19. The Labute approximate surface area is 229 Å². The van der Waals surface area contributed by atoms with Gasteiger partial charge in [0.2, 0.25) is 5.54 Å². The number of rotatable bonds is 7. The second kappa shape index (κ2) is 10.8. The maximum Gasteiger partial charge on any atom is 0.425 e. The number of ketones is 1. The van der Waals surface area contributed by atoms with Crippen LogP contribution in [0.3, 0.4) is 0 Å². The molecule has 1 N–H and O–H groups in total. The molecule has 0 unspecified atom stereocenters. The molecule has 1 aliphatic rings. The van der Waals surface area contributed by atoms with Crippen LogP contribution in [0.2, 0.25) is 0 Å². The molecule has 3 aromatic carbocycles. The number of hydrogen-bond donors (Lipinski definition) is 1. The predicted molar refractivity (Wildman–Crippen MR) is 133 cm³/mol. The summed E-state index contributed by atoms with van der Waals surface area (Å²) >= 11 is 0. The third-order valence-electron chi connectivity index (χ3n) is 6.69. The lowest BCUT2D eigenvalue weighted by Gasteiger charge is -2.33. The first-order chi connectivity index (χ1) is 19.2. The lowest BCUT2D eigenvalue weighted by atomic mass is 9.84. The van der Waals surface area contributed by atoms with Crippen molar-refractivity contribution in [2.75, 3.05) is 6.54 Å². The van der Waals surface area contributed by atoms with Gasteiger partial charge in [0.15, 0.2) is 5.78 Å². The van der Waals surface area contributed by atoms with Crippen LogP contribution in [0.15, 0.2) is 90.1 Å². The van der Waals surface area contributed by atoms with E-state index in [1.54, 1.807) is 5.32 Å². The molecule has 0 aromatic heterocycles. The number of halogens is 7. The number of hydrogen-bond acceptors (Lipinski definition) is 3. The summed E-state index contributed by atoms with van der Waals surface area (Å²) in [5.41, 5.74) is -7.22. The molecule has 0 saturated heterocycles. The standard InChI is InChI=1S/C29H21F7N2O3/c1-17-23(24(39)19-6-3-2-4-7-19)27(29(34,35)36,26(41)38(17)15-14-18-10-12-22(30)13-11-18)37-25(40)20-8-5-9-21(16-20)28(31,32)33/h2-13,16H,14-15H2,1H3,(H,37,40)/t27-/m0/s1. The van der Waals surface area contributed by atoms with E-state index in [1.807, 2.05) is 0 Å². The molecule has 0 bridgehead atoms. The molecule has 214 valence electrons. The van der Waals surface area contributed by atoms with Crippen molar-refractivity contribution >= 4 is 17.6 Å². The van der Waals surface area contributed by atoms with E-state index in [0.29, 0.717) is 22.6 Å². The normalized spacial score (nSPS) is 17.7. The second-order valence-corrected chi connectivity index (χ2v) is 9.27. The summed E-state index contributed by atoms with van der Waals surface area (Å²) in [6.45, 7) is 0.738. The maximum atomic E-state index is 15.0. The van der Waals surface area contributed by atoms with Gasteiger partial charge >= 0.3 is 12.4 Å². The number of alkyl halides is 6. The topological polar surface area (TPSA) is 66.5 Å². The Morgan fingerprint density at radius 3 is 2.05 bits per heavy atom. The molecule has 12 heteroatoms. The van der Waals surface area contributed by atoms with Gasteiger partial charge in [-0.25, -0.2) is 4.39 Å². The van der Waals surface area contributed by atoms with Crippen LogP contribution in [0.25, 0.3) is 0 Å². The molecular weight excluding hydrogens is 557 g/mol. The summed E-state index contributed by atoms with van der Waals surface area (Å²) in [7, 11) is 0. The number of nitrogens with zero attached hydrogens (tertiary/aromatic N) is 1. The van der Waals surface area contributed by atoms with Crippen molar-refractivity contribution in [1.29, 1.82) is 0 Å². The summed E-state index contributed by atoms with van der Waals surface area (Å²) in [6.07, 6.45) is -10.5. The average molecular weight is 578 g/mol. The Bertz CT molecular complexity index is 1510. The van der Waals surface area contributed by atoms with E-state index in [1.165, 1.54) is 42.5 Å². The van der Waals surface area contributed by atoms with E-state index in [2.05, 4.69) is 0 Å². The van der Waals surface area contributed by atoms with Crippen LogP contribution >= 0.6 is 0 Å². The molecule has 41 heavy (non-hydrogen) atoms. The minimum atomic E-state index is -5.59. The first-order valence-corrected chi connectivity index (χ1v) is 12.1. The monoisotopic (exact) mass is 578 g/mol. The maximum absolute atomic E-state index is 15.0. The molecular formula is C29H21F7N2O3. The zero-order chi connectivity index (χ0) is 30.2. The first kappa shape index (κ1) is 29.5. The van der Waals surface area contributed by atoms with Crippen molar-refractivity contribution in [3.8, 4) is 0 Å². The van der Waals surface area contributed by atoms with Gasteiger partial charge in [-0.2, -0.15) is 26.3 Å². The molecule has 0 fully saturated rings. The van der Waals surface area contributed by atoms with Gasteiger partial charge in [-0.05, 0) is 49.2 Å². The van der Waals surface area contributed by atoms with E-state index in [9.17, 15) is 31.9 Å². The molecule has 5 nitrogen and oxygen atoms in total. The third kappa shape index (κ3) is 5.59. The summed E-state index contributed by atoms with van der Waals surface area (Å²) < 4.78 is 98.0. The number of nitrogens with one attached hydrogen (secondary N) is 1. The SMILES string of the molecule is CC1=C(C(=O)c2ccccc2)[C@@](NC(=O)c2cccc(C(F)(F)F)c2)(C(F)(F)F)C(=O)N1CCc1ccc(F)cc1. The van der Waals surface area contributed by atoms with Crippen molar-refractivity contribution in [2.45, 2.75) is 31.2 Å². The van der Waals surface area contributed by atoms with E-state index < -0.39 is 63.7 Å². The van der Waals surface area contributed by atoms with E-state index in [4.69, 9.17) is 0 Å². The minimum absolute atomic E-state index is 0.0360. The Morgan fingerprint density at radius 1 is 0.854 bits per heavy atom. The molecule has 1 aliphatic heterocycles. The third-order valence-corrected chi connectivity index (χ3v) is 6.69. The number of allylic oxidation sites excluding steroid dienone is 1. The Kier molecular flexibility index (Phi) is 7.79. The minimum Gasteiger partial charge on any atom is -0.326 e. The lowest BCUT2D eigenvalue weighted by Crippen LogP contribution is -2.66. The van der Waals surface area contributed by atoms with Crippen LogP contribution in [0.4, 0.5) is 30.7 Å². The van der Waals surface area contributed by atoms with Crippen LogP contribution in [0.5, 0.6) is 0 Å². The van der Waals surface area contributed by atoms with Crippen molar-refractivity contribution in [3.63, 3.8) is 0 Å². The largest absolute Gasteiger partial charge is 0.425 e. The van der Waals surface area contributed by atoms with Gasteiger partial charge < -0.3 is 10.2 Å². The quantitative estimate of drug-likeness (QED) is 0.272. The number of Topliss-reactive ketones (excluding diaryl/α,β-unsaturated/α-hetero) is 1. The van der Waals surface area contributed by atoms with Crippen molar-refractivity contribution < 1.29 is 45.1 Å². The van der Waals surface area contributed by atoms with Crippen LogP contribution in [-0.4, -0.2) is 40.8 Å². The van der Waals surface area contributed by atoms with Gasteiger partial charge in [-0.1, -0.05) is 48.5 Å². The molecule has 4 rings (SSSR count). The van der Waals surface area contributed by atoms with E-state index >= 15 is 13.2 Å². The molecule has 3 aromatic rings. The molecule has 2 amide bonds. The Balaban J connectivity index is 1.82. The smallest absolute Gasteiger partial charge is 0.326 e. The van der Waals surface area contributed by atoms with Gasteiger partial charge in [0.25, 0.3) is 11.8 Å². The van der Waals surface area contributed by atoms with Gasteiger partial charge in [-0.15, -0.1) is 0 Å². The Morgan fingerprint density at radius 2 is 1.46 bits per heavy atom. The predicted octanol–water partition coefficient (Wildman–Crippen LogP) is 6.12. The number of carbonyl (C=O) groups excluding carboxylic acids is 3. The Hall–Kier alpha value is -4.48. The molecule has 0 saturated carbocycles. The van der Waals surface area contributed by atoms with Crippen molar-refractivity contribution in [3.05, 3.63) is 118 Å². The number of carbonyl (C=O) groups is 3. The summed E-state index contributed by atoms with van der Waals surface area (Å²) in [5, 5.41) is 1.59. The van der Waals surface area contributed by atoms with Gasteiger partial charge in [0.05, 0.1) is 11.1 Å². The molecule has 0 radical (unpaired) electrons. The van der Waals surface area contributed by atoms with E-state index in [-0.39, 0.29) is 18.5 Å². The first-order valence-electron chi connectivity index (χ1n) is 12.1. The molecule has 0 spiro atoms. The summed E-state index contributed by atoms with van der Waals surface area (Å²) in [4.78, 5) is 41.0. The van der Waals surface area contributed by atoms with Crippen LogP contribution in [0.1, 0.15) is 38.8 Å².